The molecule has 0 aromatic rings. The topological polar surface area (TPSA) is 80.3 Å². The predicted octanol–water partition coefficient (Wildman–Crippen LogP) is 0.269. The van der Waals surface area contributed by atoms with Crippen LogP contribution in [0.25, 0.3) is 0 Å². The van der Waals surface area contributed by atoms with E-state index in [4.69, 9.17) is 0 Å². The van der Waals surface area contributed by atoms with Crippen molar-refractivity contribution in [3.63, 3.8) is 0 Å². The molecule has 0 amide bonds. The second-order valence-corrected chi connectivity index (χ2v) is 9.44. The molecule has 0 saturated carbocycles. The van der Waals surface area contributed by atoms with Crippen LogP contribution < -0.4 is 113 Å². The smallest absolute Gasteiger partial charge is 0.550 e. The van der Waals surface area contributed by atoms with Crippen LogP contribution >= 0.6 is 0 Å². The van der Waals surface area contributed by atoms with E-state index in [0.717, 1.165) is 19.3 Å². The Hall–Kier alpha value is 1.95. The molecule has 0 rings (SSSR count). The molecule has 188 valence electrons. The summed E-state index contributed by atoms with van der Waals surface area (Å²) in [6.45, 7) is 2.28. The zero-order valence-corrected chi connectivity index (χ0v) is 29.2. The summed E-state index contributed by atoms with van der Waals surface area (Å²) in [6.07, 6.45) is 30.5. The first-order valence-corrected chi connectivity index (χ1v) is 13.6. The number of carbonyl (C=O) groups is 2. The maximum atomic E-state index is 10.8. The first kappa shape index (κ1) is 40.4. The van der Waals surface area contributed by atoms with Gasteiger partial charge in [0.15, 0.2) is 0 Å². The van der Waals surface area contributed by atoms with E-state index in [9.17, 15) is 19.8 Å². The molecule has 0 aliphatic rings. The Labute approximate surface area is 296 Å². The molecular weight excluding hydrogens is 479 g/mol. The van der Waals surface area contributed by atoms with Gasteiger partial charge < -0.3 is 19.8 Å². The number of hydrogen-bond acceptors (Lipinski definition) is 4. The summed E-state index contributed by atoms with van der Waals surface area (Å²) in [4.78, 5) is 21.3. The molecular formula is C28H50K2O4. The van der Waals surface area contributed by atoms with E-state index in [2.05, 4.69) is 6.92 Å². The minimum absolute atomic E-state index is 0. The van der Waals surface area contributed by atoms with E-state index in [1.54, 1.807) is 6.08 Å². The van der Waals surface area contributed by atoms with Gasteiger partial charge in [0.25, 0.3) is 0 Å². The Bertz CT molecular complexity index is 469. The molecule has 34 heavy (non-hydrogen) atoms. The average Bonchev–Trinajstić information content (AvgIpc) is 2.76. The fourth-order valence-corrected chi connectivity index (χ4v) is 4.19. The minimum Gasteiger partial charge on any atom is -0.550 e. The number of carboxylic acid groups (broad SMARTS) is 2. The van der Waals surface area contributed by atoms with Gasteiger partial charge in [0.1, 0.15) is 0 Å². The summed E-state index contributed by atoms with van der Waals surface area (Å²) in [7, 11) is 0. The third kappa shape index (κ3) is 32.0. The van der Waals surface area contributed by atoms with Gasteiger partial charge in [0, 0.05) is 17.9 Å². The van der Waals surface area contributed by atoms with E-state index in [1.807, 2.05) is 0 Å². The van der Waals surface area contributed by atoms with Crippen LogP contribution in [0.5, 0.6) is 0 Å². The summed E-state index contributed by atoms with van der Waals surface area (Å²) in [5.41, 5.74) is 0. The third-order valence-electron chi connectivity index (χ3n) is 6.28. The summed E-state index contributed by atoms with van der Waals surface area (Å²) in [5.74, 6) is -3.79. The second-order valence-electron chi connectivity index (χ2n) is 9.44. The van der Waals surface area contributed by atoms with Gasteiger partial charge in [-0.25, -0.2) is 0 Å². The van der Waals surface area contributed by atoms with Gasteiger partial charge in [0.2, 0.25) is 0 Å². The van der Waals surface area contributed by atoms with Gasteiger partial charge in [-0.15, -0.1) is 0 Å². The maximum absolute atomic E-state index is 10.8. The standard InChI is InChI=1S/C28H52O4.2K/c1-2-3-4-5-6-7-8-9-10-11-12-13-14-15-16-17-18-19-20-21-22-23-24-26(28(31)32)25-27(29)30;;/h23-24,26H,2-22,25H2,1H3,(H,29,30)(H,31,32);;/q;2*+1/p-2/b24-23+;;. The summed E-state index contributed by atoms with van der Waals surface area (Å²) >= 11 is 0. The van der Waals surface area contributed by atoms with E-state index in [0.29, 0.717) is 0 Å². The van der Waals surface area contributed by atoms with Crippen LogP contribution in [0.4, 0.5) is 0 Å². The third-order valence-corrected chi connectivity index (χ3v) is 6.28. The quantitative estimate of drug-likeness (QED) is 0.0968. The molecule has 0 aliphatic carbocycles. The molecule has 4 nitrogen and oxygen atoms in total. The van der Waals surface area contributed by atoms with E-state index in [-0.39, 0.29) is 103 Å². The van der Waals surface area contributed by atoms with E-state index in [1.165, 1.54) is 122 Å². The van der Waals surface area contributed by atoms with Crippen molar-refractivity contribution in [2.75, 3.05) is 0 Å². The molecule has 0 heterocycles. The largest absolute Gasteiger partial charge is 1.00 e. The number of carboxylic acids is 2. The summed E-state index contributed by atoms with van der Waals surface area (Å²) in [5, 5.41) is 21.3. The van der Waals surface area contributed by atoms with Crippen molar-refractivity contribution in [3.05, 3.63) is 12.2 Å². The SMILES string of the molecule is CCCCCCCCCCCCCCCCCCCCCC/C=C/C(CC(=O)[O-])C(=O)[O-].[K+].[K+]. The fraction of sp³-hybridized carbons (Fsp3) is 0.857. The van der Waals surface area contributed by atoms with Crippen molar-refractivity contribution < 1.29 is 123 Å². The van der Waals surface area contributed by atoms with Gasteiger partial charge in [-0.05, 0) is 19.3 Å². The Morgan fingerprint density at radius 2 is 0.912 bits per heavy atom. The Kier molecular flexibility index (Phi) is 39.2. The predicted molar refractivity (Wildman–Crippen MR) is 130 cm³/mol. The number of hydrogen-bond donors (Lipinski definition) is 0. The molecule has 1 unspecified atom stereocenters. The maximum Gasteiger partial charge on any atom is 1.00 e. The molecule has 1 atom stereocenters. The zero-order valence-electron chi connectivity index (χ0n) is 22.9. The van der Waals surface area contributed by atoms with E-state index < -0.39 is 24.3 Å². The Morgan fingerprint density at radius 3 is 1.21 bits per heavy atom. The van der Waals surface area contributed by atoms with Gasteiger partial charge in [0.05, 0.1) is 0 Å². The van der Waals surface area contributed by atoms with Crippen LogP contribution in [0.2, 0.25) is 0 Å². The zero-order chi connectivity index (χ0) is 23.7. The molecule has 0 aromatic carbocycles. The van der Waals surface area contributed by atoms with Crippen molar-refractivity contribution in [1.29, 1.82) is 0 Å². The normalized spacial score (nSPS) is 11.7. The van der Waals surface area contributed by atoms with Crippen LogP contribution in [0.15, 0.2) is 12.2 Å². The number of allylic oxidation sites excluding steroid dienone is 1. The first-order chi connectivity index (χ1) is 15.6. The second kappa shape index (κ2) is 33.0. The van der Waals surface area contributed by atoms with Gasteiger partial charge in [-0.2, -0.15) is 0 Å². The van der Waals surface area contributed by atoms with Crippen LogP contribution in [0, 0.1) is 5.92 Å². The fourth-order valence-electron chi connectivity index (χ4n) is 4.19. The van der Waals surface area contributed by atoms with E-state index >= 15 is 0 Å². The van der Waals surface area contributed by atoms with Gasteiger partial charge in [-0.3, -0.25) is 0 Å². The molecule has 0 fully saturated rings. The number of unbranched alkanes of at least 4 members (excludes halogenated alkanes) is 20. The molecule has 6 heteroatoms. The average molecular weight is 529 g/mol. The summed E-state index contributed by atoms with van der Waals surface area (Å²) < 4.78 is 0. The van der Waals surface area contributed by atoms with Crippen molar-refractivity contribution in [3.8, 4) is 0 Å². The van der Waals surface area contributed by atoms with Gasteiger partial charge in [-0.1, -0.05) is 141 Å². The molecule has 0 spiro atoms. The first-order valence-electron chi connectivity index (χ1n) is 13.6. The molecule has 0 radical (unpaired) electrons. The number of carbonyl (C=O) groups excluding carboxylic acids is 2. The van der Waals surface area contributed by atoms with Crippen LogP contribution in [-0.2, 0) is 9.59 Å². The molecule has 0 N–H and O–H groups in total. The van der Waals surface area contributed by atoms with Crippen molar-refractivity contribution >= 4 is 11.9 Å². The van der Waals surface area contributed by atoms with Gasteiger partial charge >= 0.3 is 103 Å². The molecule has 0 bridgehead atoms. The van der Waals surface area contributed by atoms with Crippen molar-refractivity contribution in [2.24, 2.45) is 5.92 Å². The van der Waals surface area contributed by atoms with Crippen molar-refractivity contribution in [2.45, 2.75) is 148 Å². The minimum atomic E-state index is -1.36. The van der Waals surface area contributed by atoms with Crippen LogP contribution in [-0.4, -0.2) is 11.9 Å². The number of rotatable bonds is 25. The molecule has 0 aliphatic heterocycles. The Balaban J connectivity index is -0.00000480. The Morgan fingerprint density at radius 1 is 0.588 bits per heavy atom. The monoisotopic (exact) mass is 528 g/mol. The van der Waals surface area contributed by atoms with Crippen molar-refractivity contribution in [1.82, 2.24) is 0 Å². The summed E-state index contributed by atoms with van der Waals surface area (Å²) in [6, 6.07) is 0. The molecule has 0 aromatic heterocycles. The van der Waals surface area contributed by atoms with Crippen LogP contribution in [0.1, 0.15) is 148 Å². The molecule has 0 saturated heterocycles. The van der Waals surface area contributed by atoms with Crippen LogP contribution in [0.3, 0.4) is 0 Å². The number of aliphatic carboxylic acids is 2.